The Hall–Kier alpha value is -2.43. The number of carbonyl (C=O) groups excluding carboxylic acids is 2. The number of carbonyl (C=O) groups is 2. The van der Waals surface area contributed by atoms with Crippen LogP contribution in [0.2, 0.25) is 0 Å². The van der Waals surface area contributed by atoms with Crippen LogP contribution in [-0.2, 0) is 15.0 Å². The SMILES string of the molecule is C=CC[C@@H](C)C(=O)N1C[C@]2(C)C[C@@](C)(C[C@](C)(c3nc4ccccc4o3)C2)C1=O. The van der Waals surface area contributed by atoms with Crippen molar-refractivity contribution < 1.29 is 14.0 Å². The van der Waals surface area contributed by atoms with E-state index in [1.165, 1.54) is 4.90 Å². The first-order valence-electron chi connectivity index (χ1n) is 10.4. The minimum absolute atomic E-state index is 0.0575. The summed E-state index contributed by atoms with van der Waals surface area (Å²) < 4.78 is 6.13. The molecule has 4 atom stereocenters. The molecule has 4 rings (SSSR count). The number of rotatable bonds is 4. The second kappa shape index (κ2) is 6.54. The molecule has 2 heterocycles. The number of benzene rings is 1. The standard InChI is InChI=1S/C24H30N2O3/c1-6-9-16(2)19(27)26-15-22(3)12-23(4,14-24(5,13-22)21(26)28)20-25-17-10-7-8-11-18(17)29-20/h6-8,10-11,16H,1,9,12-15H2,2-5H3/t16-,22+,23-,24+/m1/s1. The minimum atomic E-state index is -0.607. The van der Waals surface area contributed by atoms with Gasteiger partial charge in [-0.15, -0.1) is 6.58 Å². The predicted molar refractivity (Wildman–Crippen MR) is 112 cm³/mol. The molecule has 2 aliphatic rings. The highest BCUT2D eigenvalue weighted by Gasteiger charge is 2.60. The van der Waals surface area contributed by atoms with Crippen LogP contribution in [0.15, 0.2) is 41.3 Å². The quantitative estimate of drug-likeness (QED) is 0.695. The van der Waals surface area contributed by atoms with Crippen molar-refractivity contribution in [3.05, 3.63) is 42.8 Å². The Morgan fingerprint density at radius 2 is 1.93 bits per heavy atom. The molecule has 0 N–H and O–H groups in total. The van der Waals surface area contributed by atoms with Crippen molar-refractivity contribution in [3.8, 4) is 0 Å². The van der Waals surface area contributed by atoms with E-state index in [-0.39, 0.29) is 28.6 Å². The van der Waals surface area contributed by atoms with Crippen LogP contribution in [0.4, 0.5) is 0 Å². The van der Waals surface area contributed by atoms with Crippen molar-refractivity contribution in [1.29, 1.82) is 0 Å². The van der Waals surface area contributed by atoms with E-state index in [4.69, 9.17) is 9.40 Å². The first-order chi connectivity index (χ1) is 13.6. The summed E-state index contributed by atoms with van der Waals surface area (Å²) >= 11 is 0. The van der Waals surface area contributed by atoms with E-state index < -0.39 is 5.41 Å². The molecule has 1 saturated heterocycles. The van der Waals surface area contributed by atoms with Crippen molar-refractivity contribution in [2.75, 3.05) is 6.54 Å². The number of hydrogen-bond acceptors (Lipinski definition) is 4. The second-order valence-corrected chi connectivity index (χ2v) is 10.1. The van der Waals surface area contributed by atoms with E-state index in [0.717, 1.165) is 23.9 Å². The first-order valence-corrected chi connectivity index (χ1v) is 10.4. The number of hydrogen-bond donors (Lipinski definition) is 0. The van der Waals surface area contributed by atoms with Crippen LogP contribution < -0.4 is 0 Å². The molecular formula is C24H30N2O3. The van der Waals surface area contributed by atoms with Crippen LogP contribution >= 0.6 is 0 Å². The highest BCUT2D eigenvalue weighted by atomic mass is 16.3. The molecule has 0 radical (unpaired) electrons. The number of imide groups is 1. The van der Waals surface area contributed by atoms with Gasteiger partial charge in [-0.05, 0) is 43.2 Å². The van der Waals surface area contributed by atoms with Crippen molar-refractivity contribution in [2.24, 2.45) is 16.7 Å². The molecule has 1 aliphatic heterocycles. The topological polar surface area (TPSA) is 63.4 Å². The maximum Gasteiger partial charge on any atom is 0.235 e. The summed E-state index contributed by atoms with van der Waals surface area (Å²) in [7, 11) is 0. The molecule has 1 aromatic carbocycles. The van der Waals surface area contributed by atoms with Gasteiger partial charge >= 0.3 is 0 Å². The summed E-state index contributed by atoms with van der Waals surface area (Å²) in [4.78, 5) is 32.7. The molecule has 2 aromatic rings. The lowest BCUT2D eigenvalue weighted by Gasteiger charge is -2.57. The summed E-state index contributed by atoms with van der Waals surface area (Å²) in [6, 6.07) is 7.77. The van der Waals surface area contributed by atoms with Crippen molar-refractivity contribution in [1.82, 2.24) is 9.88 Å². The van der Waals surface area contributed by atoms with Crippen LogP contribution in [-0.4, -0.2) is 28.2 Å². The Bertz CT molecular complexity index is 962. The monoisotopic (exact) mass is 394 g/mol. The van der Waals surface area contributed by atoms with Gasteiger partial charge in [0.05, 0.1) is 0 Å². The van der Waals surface area contributed by atoms with Gasteiger partial charge in [-0.3, -0.25) is 14.5 Å². The van der Waals surface area contributed by atoms with Crippen molar-refractivity contribution in [2.45, 2.75) is 58.8 Å². The maximum absolute atomic E-state index is 13.5. The van der Waals surface area contributed by atoms with E-state index in [2.05, 4.69) is 20.4 Å². The fourth-order valence-electron chi connectivity index (χ4n) is 6.05. The molecule has 1 aromatic heterocycles. The average Bonchev–Trinajstić information content (AvgIpc) is 3.09. The van der Waals surface area contributed by atoms with Crippen LogP contribution in [0, 0.1) is 16.7 Å². The molecule has 1 aliphatic carbocycles. The summed E-state index contributed by atoms with van der Waals surface area (Å²) in [6.45, 7) is 12.4. The summed E-state index contributed by atoms with van der Waals surface area (Å²) in [5.41, 5.74) is 0.495. The Morgan fingerprint density at radius 1 is 1.24 bits per heavy atom. The lowest BCUT2D eigenvalue weighted by atomic mass is 9.52. The lowest BCUT2D eigenvalue weighted by molar-refractivity contribution is -0.170. The minimum Gasteiger partial charge on any atom is -0.440 e. The Kier molecular flexibility index (Phi) is 4.48. The third-order valence-electron chi connectivity index (χ3n) is 6.73. The highest BCUT2D eigenvalue weighted by molar-refractivity contribution is 5.99. The molecule has 0 unspecified atom stereocenters. The predicted octanol–water partition coefficient (Wildman–Crippen LogP) is 4.86. The molecule has 5 nitrogen and oxygen atoms in total. The summed E-state index contributed by atoms with van der Waals surface area (Å²) in [6.07, 6.45) is 4.56. The number of oxazole rings is 1. The van der Waals surface area contributed by atoms with Gasteiger partial charge in [0, 0.05) is 23.3 Å². The normalized spacial score (nSPS) is 33.0. The van der Waals surface area contributed by atoms with E-state index in [9.17, 15) is 9.59 Å². The van der Waals surface area contributed by atoms with E-state index >= 15 is 0 Å². The van der Waals surface area contributed by atoms with Gasteiger partial charge in [-0.2, -0.15) is 0 Å². The number of para-hydroxylation sites is 2. The number of aromatic nitrogens is 1. The summed E-state index contributed by atoms with van der Waals surface area (Å²) in [5.74, 6) is 0.324. The average molecular weight is 395 g/mol. The van der Waals surface area contributed by atoms with Gasteiger partial charge in [0.15, 0.2) is 5.58 Å². The number of likely N-dealkylation sites (tertiary alicyclic amines) is 1. The Morgan fingerprint density at radius 3 is 2.62 bits per heavy atom. The van der Waals surface area contributed by atoms with E-state index in [0.29, 0.717) is 25.3 Å². The number of amides is 2. The van der Waals surface area contributed by atoms with Crippen molar-refractivity contribution >= 4 is 22.9 Å². The lowest BCUT2D eigenvalue weighted by Crippen LogP contribution is -2.62. The zero-order chi connectivity index (χ0) is 21.0. The largest absolute Gasteiger partial charge is 0.440 e. The van der Waals surface area contributed by atoms with Gasteiger partial charge in [-0.1, -0.05) is 45.9 Å². The zero-order valence-electron chi connectivity index (χ0n) is 17.8. The fraction of sp³-hybridized carbons (Fsp3) is 0.542. The van der Waals surface area contributed by atoms with E-state index in [1.54, 1.807) is 6.08 Å². The second-order valence-electron chi connectivity index (χ2n) is 10.1. The van der Waals surface area contributed by atoms with Crippen LogP contribution in [0.3, 0.4) is 0 Å². The molecule has 0 spiro atoms. The first kappa shape index (κ1) is 19.9. The zero-order valence-corrected chi connectivity index (χ0v) is 17.8. The Balaban J connectivity index is 1.69. The van der Waals surface area contributed by atoms with Gasteiger partial charge in [0.2, 0.25) is 17.7 Å². The molecule has 1 saturated carbocycles. The smallest absolute Gasteiger partial charge is 0.235 e. The van der Waals surface area contributed by atoms with E-state index in [1.807, 2.05) is 38.1 Å². The Labute approximate surface area is 172 Å². The van der Waals surface area contributed by atoms with Gasteiger partial charge in [0.1, 0.15) is 5.52 Å². The maximum atomic E-state index is 13.5. The molecule has 2 fully saturated rings. The highest BCUT2D eigenvalue weighted by Crippen LogP contribution is 2.58. The molecule has 2 bridgehead atoms. The summed E-state index contributed by atoms with van der Waals surface area (Å²) in [5, 5.41) is 0. The molecule has 29 heavy (non-hydrogen) atoms. The van der Waals surface area contributed by atoms with Crippen LogP contribution in [0.1, 0.15) is 59.3 Å². The molecular weight excluding hydrogens is 364 g/mol. The third kappa shape index (κ3) is 3.21. The number of fused-ring (bicyclic) bond motifs is 3. The van der Waals surface area contributed by atoms with Gasteiger partial charge in [-0.25, -0.2) is 4.98 Å². The number of allylic oxidation sites excluding steroid dienone is 1. The number of piperidine rings is 1. The molecule has 2 amide bonds. The van der Waals surface area contributed by atoms with Gasteiger partial charge < -0.3 is 4.42 Å². The van der Waals surface area contributed by atoms with Gasteiger partial charge in [0.25, 0.3) is 0 Å². The van der Waals surface area contributed by atoms with Crippen LogP contribution in [0.25, 0.3) is 11.1 Å². The van der Waals surface area contributed by atoms with Crippen LogP contribution in [0.5, 0.6) is 0 Å². The number of nitrogens with zero attached hydrogens (tertiary/aromatic N) is 2. The fourth-order valence-corrected chi connectivity index (χ4v) is 6.05. The third-order valence-corrected chi connectivity index (χ3v) is 6.73. The molecule has 5 heteroatoms. The molecule has 154 valence electrons. The van der Waals surface area contributed by atoms with Crippen molar-refractivity contribution in [3.63, 3.8) is 0 Å².